The third-order valence-electron chi connectivity index (χ3n) is 4.62. The predicted molar refractivity (Wildman–Crippen MR) is 88.3 cm³/mol. The van der Waals surface area contributed by atoms with E-state index in [0.29, 0.717) is 5.92 Å². The first-order valence-electron chi connectivity index (χ1n) is 8.09. The number of hydrogen-bond donors (Lipinski definition) is 0. The van der Waals surface area contributed by atoms with E-state index in [1.54, 1.807) is 0 Å². The van der Waals surface area contributed by atoms with Crippen molar-refractivity contribution in [2.45, 2.75) is 37.5 Å². The highest BCUT2D eigenvalue weighted by Gasteiger charge is 2.32. The van der Waals surface area contributed by atoms with Crippen molar-refractivity contribution in [1.29, 1.82) is 0 Å². The molecule has 4 rings (SSSR count). The third-order valence-corrected chi connectivity index (χ3v) is 5.31. The van der Waals surface area contributed by atoms with Crippen LogP contribution in [0.2, 0.25) is 0 Å². The molecule has 23 heavy (non-hydrogen) atoms. The van der Waals surface area contributed by atoms with Gasteiger partial charge in [0.2, 0.25) is 11.8 Å². The van der Waals surface area contributed by atoms with Crippen LogP contribution in [0, 0.1) is 0 Å². The van der Waals surface area contributed by atoms with E-state index in [2.05, 4.69) is 26.1 Å². The summed E-state index contributed by atoms with van der Waals surface area (Å²) in [5.74, 6) is 2.40. The summed E-state index contributed by atoms with van der Waals surface area (Å²) in [6.45, 7) is 1.46. The van der Waals surface area contributed by atoms with Crippen molar-refractivity contribution in [1.82, 2.24) is 15.1 Å². The van der Waals surface area contributed by atoms with Gasteiger partial charge >= 0.3 is 0 Å². The summed E-state index contributed by atoms with van der Waals surface area (Å²) < 4.78 is 6.66. The molecule has 0 radical (unpaired) electrons. The zero-order valence-corrected chi connectivity index (χ0v) is 14.3. The SMILES string of the molecule is O=C(c1ccccc1Br)N1CCC(c2nnc(C3CC3)o2)CC1. The second-order valence-electron chi connectivity index (χ2n) is 6.30. The topological polar surface area (TPSA) is 59.2 Å². The Morgan fingerprint density at radius 2 is 1.65 bits per heavy atom. The summed E-state index contributed by atoms with van der Waals surface area (Å²) in [5, 5.41) is 8.38. The number of hydrogen-bond acceptors (Lipinski definition) is 4. The van der Waals surface area contributed by atoms with E-state index in [9.17, 15) is 4.79 Å². The number of likely N-dealkylation sites (tertiary alicyclic amines) is 1. The van der Waals surface area contributed by atoms with E-state index in [4.69, 9.17) is 4.42 Å². The Morgan fingerprint density at radius 1 is 1.04 bits per heavy atom. The lowest BCUT2D eigenvalue weighted by Gasteiger charge is -2.30. The zero-order valence-electron chi connectivity index (χ0n) is 12.7. The lowest BCUT2D eigenvalue weighted by atomic mass is 9.96. The summed E-state index contributed by atoms with van der Waals surface area (Å²) in [4.78, 5) is 14.5. The van der Waals surface area contributed by atoms with Gasteiger partial charge in [-0.25, -0.2) is 0 Å². The molecular weight excluding hydrogens is 358 g/mol. The van der Waals surface area contributed by atoms with Gasteiger partial charge in [0, 0.05) is 29.4 Å². The molecular formula is C17H18BrN3O2. The van der Waals surface area contributed by atoms with Crippen LogP contribution >= 0.6 is 15.9 Å². The highest BCUT2D eigenvalue weighted by atomic mass is 79.9. The Labute approximate surface area is 143 Å². The molecule has 0 spiro atoms. The molecule has 2 fully saturated rings. The van der Waals surface area contributed by atoms with Crippen LogP contribution in [0.5, 0.6) is 0 Å². The van der Waals surface area contributed by atoms with Gasteiger partial charge in [-0.1, -0.05) is 12.1 Å². The largest absolute Gasteiger partial charge is 0.425 e. The number of halogens is 1. The summed E-state index contributed by atoms with van der Waals surface area (Å²) in [5.41, 5.74) is 0.722. The summed E-state index contributed by atoms with van der Waals surface area (Å²) in [6, 6.07) is 7.57. The molecule has 120 valence electrons. The Balaban J connectivity index is 1.40. The molecule has 1 aliphatic heterocycles. The molecule has 2 heterocycles. The number of rotatable bonds is 3. The van der Waals surface area contributed by atoms with Gasteiger partial charge in [-0.05, 0) is 53.7 Å². The first-order valence-corrected chi connectivity index (χ1v) is 8.89. The molecule has 0 N–H and O–H groups in total. The van der Waals surface area contributed by atoms with Gasteiger partial charge < -0.3 is 9.32 Å². The second-order valence-corrected chi connectivity index (χ2v) is 7.15. The minimum Gasteiger partial charge on any atom is -0.425 e. The molecule has 2 aliphatic rings. The molecule has 0 atom stereocenters. The Kier molecular flexibility index (Phi) is 3.93. The standard InChI is InChI=1S/C17H18BrN3O2/c18-14-4-2-1-3-13(14)17(22)21-9-7-12(8-10-21)16-20-19-15(23-16)11-5-6-11/h1-4,11-12H,5-10H2. The predicted octanol–water partition coefficient (Wildman–Crippen LogP) is 3.73. The number of carbonyl (C=O) groups is 1. The number of aromatic nitrogens is 2. The maximum atomic E-state index is 12.6. The van der Waals surface area contributed by atoms with Crippen LogP contribution < -0.4 is 0 Å². The first kappa shape index (κ1) is 14.9. The second kappa shape index (κ2) is 6.07. The minimum atomic E-state index is 0.0834. The molecule has 2 aromatic rings. The first-order chi connectivity index (χ1) is 11.2. The average Bonchev–Trinajstić information content (AvgIpc) is 3.32. The number of benzene rings is 1. The van der Waals surface area contributed by atoms with Crippen molar-refractivity contribution >= 4 is 21.8 Å². The molecule has 0 unspecified atom stereocenters. The van der Waals surface area contributed by atoms with Gasteiger partial charge in [-0.3, -0.25) is 4.79 Å². The Bertz CT molecular complexity index is 718. The number of nitrogens with zero attached hydrogens (tertiary/aromatic N) is 3. The molecule has 1 saturated heterocycles. The number of piperidine rings is 1. The number of amides is 1. The van der Waals surface area contributed by atoms with Crippen molar-refractivity contribution in [2.24, 2.45) is 0 Å². The maximum absolute atomic E-state index is 12.6. The van der Waals surface area contributed by atoms with Crippen LogP contribution in [0.1, 0.15) is 59.7 Å². The van der Waals surface area contributed by atoms with Crippen LogP contribution in [0.3, 0.4) is 0 Å². The fraction of sp³-hybridized carbons (Fsp3) is 0.471. The van der Waals surface area contributed by atoms with Gasteiger partial charge in [0.1, 0.15) is 0 Å². The van der Waals surface area contributed by atoms with E-state index in [1.165, 1.54) is 12.8 Å². The smallest absolute Gasteiger partial charge is 0.254 e. The lowest BCUT2D eigenvalue weighted by molar-refractivity contribution is 0.0705. The van der Waals surface area contributed by atoms with Gasteiger partial charge in [0.25, 0.3) is 5.91 Å². The quantitative estimate of drug-likeness (QED) is 0.819. The van der Waals surface area contributed by atoms with E-state index in [-0.39, 0.29) is 11.8 Å². The third kappa shape index (κ3) is 3.04. The molecule has 1 aromatic heterocycles. The van der Waals surface area contributed by atoms with Crippen LogP contribution in [-0.4, -0.2) is 34.1 Å². The highest BCUT2D eigenvalue weighted by Crippen LogP contribution is 2.40. The molecule has 5 nitrogen and oxygen atoms in total. The van der Waals surface area contributed by atoms with Gasteiger partial charge in [0.05, 0.1) is 5.56 Å². The molecule has 6 heteroatoms. The van der Waals surface area contributed by atoms with E-state index >= 15 is 0 Å². The molecule has 1 aromatic carbocycles. The molecule has 1 saturated carbocycles. The van der Waals surface area contributed by atoms with E-state index in [1.807, 2.05) is 29.2 Å². The van der Waals surface area contributed by atoms with Crippen LogP contribution in [-0.2, 0) is 0 Å². The summed E-state index contributed by atoms with van der Waals surface area (Å²) in [7, 11) is 0. The summed E-state index contributed by atoms with van der Waals surface area (Å²) in [6.07, 6.45) is 4.09. The van der Waals surface area contributed by atoms with Gasteiger partial charge in [-0.15, -0.1) is 10.2 Å². The molecule has 1 aliphatic carbocycles. The van der Waals surface area contributed by atoms with Crippen LogP contribution in [0.4, 0.5) is 0 Å². The summed E-state index contributed by atoms with van der Waals surface area (Å²) >= 11 is 3.45. The normalized spacial score (nSPS) is 19.1. The van der Waals surface area contributed by atoms with Crippen LogP contribution in [0.25, 0.3) is 0 Å². The fourth-order valence-electron chi connectivity index (χ4n) is 3.04. The van der Waals surface area contributed by atoms with Crippen molar-refractivity contribution in [3.8, 4) is 0 Å². The fourth-order valence-corrected chi connectivity index (χ4v) is 3.50. The van der Waals surface area contributed by atoms with Crippen LogP contribution in [0.15, 0.2) is 33.2 Å². The van der Waals surface area contributed by atoms with Crippen molar-refractivity contribution in [2.75, 3.05) is 13.1 Å². The van der Waals surface area contributed by atoms with Crippen molar-refractivity contribution < 1.29 is 9.21 Å². The maximum Gasteiger partial charge on any atom is 0.254 e. The van der Waals surface area contributed by atoms with E-state index < -0.39 is 0 Å². The molecule has 0 bridgehead atoms. The van der Waals surface area contributed by atoms with Gasteiger partial charge in [-0.2, -0.15) is 0 Å². The molecule has 1 amide bonds. The lowest BCUT2D eigenvalue weighted by Crippen LogP contribution is -2.38. The monoisotopic (exact) mass is 375 g/mol. The van der Waals surface area contributed by atoms with Gasteiger partial charge in [0.15, 0.2) is 0 Å². The van der Waals surface area contributed by atoms with Crippen molar-refractivity contribution in [3.05, 3.63) is 46.1 Å². The average molecular weight is 376 g/mol. The van der Waals surface area contributed by atoms with Crippen molar-refractivity contribution in [3.63, 3.8) is 0 Å². The van der Waals surface area contributed by atoms with E-state index in [0.717, 1.165) is 47.7 Å². The highest BCUT2D eigenvalue weighted by molar-refractivity contribution is 9.10. The Morgan fingerprint density at radius 3 is 2.26 bits per heavy atom. The zero-order chi connectivity index (χ0) is 15.8. The number of carbonyl (C=O) groups excluding carboxylic acids is 1. The minimum absolute atomic E-state index is 0.0834. The Hall–Kier alpha value is -1.69.